The number of nitrogens with zero attached hydrogens (tertiary/aromatic N) is 2. The van der Waals surface area contributed by atoms with Crippen LogP contribution in [0.1, 0.15) is 10.4 Å². The molecule has 0 fully saturated rings. The highest BCUT2D eigenvalue weighted by Gasteiger charge is 2.26. The lowest BCUT2D eigenvalue weighted by atomic mass is 10.1. The molecule has 166 valence electrons. The molecule has 1 aliphatic heterocycles. The average Bonchev–Trinajstić information content (AvgIpc) is 2.77. The first-order valence-corrected chi connectivity index (χ1v) is 9.71. The van der Waals surface area contributed by atoms with Gasteiger partial charge in [0.2, 0.25) is 5.75 Å². The third-order valence-corrected chi connectivity index (χ3v) is 4.86. The highest BCUT2D eigenvalue weighted by molar-refractivity contribution is 6.06. The topological polar surface area (TPSA) is 89.6 Å². The highest BCUT2D eigenvalue weighted by atomic mass is 16.5. The molecule has 0 bridgehead atoms. The molecule has 0 aromatic heterocycles. The van der Waals surface area contributed by atoms with Crippen molar-refractivity contribution in [2.45, 2.75) is 0 Å². The summed E-state index contributed by atoms with van der Waals surface area (Å²) < 4.78 is 21.5. The fraction of sp³-hybridized carbons (Fsp3) is 0.364. The van der Waals surface area contributed by atoms with E-state index in [1.165, 1.54) is 21.3 Å². The number of anilines is 2. The number of likely N-dealkylation sites (N-methyl/N-ethyl adjacent to an activating group) is 1. The van der Waals surface area contributed by atoms with Crippen LogP contribution in [0.25, 0.3) is 0 Å². The Hall–Kier alpha value is -3.46. The van der Waals surface area contributed by atoms with Crippen molar-refractivity contribution in [3.63, 3.8) is 0 Å². The van der Waals surface area contributed by atoms with E-state index in [4.69, 9.17) is 18.9 Å². The second-order valence-corrected chi connectivity index (χ2v) is 7.19. The summed E-state index contributed by atoms with van der Waals surface area (Å²) >= 11 is 0. The third-order valence-electron chi connectivity index (χ3n) is 4.86. The number of fused-ring (bicyclic) bond motifs is 1. The number of methoxy groups -OCH3 is 3. The van der Waals surface area contributed by atoms with Gasteiger partial charge in [-0.3, -0.25) is 9.59 Å². The third kappa shape index (κ3) is 4.83. The van der Waals surface area contributed by atoms with Gasteiger partial charge in [0.05, 0.1) is 27.0 Å². The van der Waals surface area contributed by atoms with Crippen molar-refractivity contribution in [2.24, 2.45) is 0 Å². The number of carbonyl (C=O) groups is 2. The standard InChI is InChI=1S/C22H27N3O6/c1-24(2)8-9-25-16-7-6-15(12-17(16)31-13-20(25)26)23-22(27)14-10-18(28-3)21(30-5)19(11-14)29-4/h6-7,10-12H,8-9,13H2,1-5H3,(H,23,27). The molecule has 0 atom stereocenters. The van der Waals surface area contributed by atoms with Gasteiger partial charge < -0.3 is 34.1 Å². The van der Waals surface area contributed by atoms with Crippen LogP contribution in [0, 0.1) is 0 Å². The zero-order chi connectivity index (χ0) is 22.5. The van der Waals surface area contributed by atoms with Crippen molar-refractivity contribution in [1.82, 2.24) is 4.90 Å². The van der Waals surface area contributed by atoms with E-state index in [0.29, 0.717) is 46.5 Å². The average molecular weight is 429 g/mol. The van der Waals surface area contributed by atoms with E-state index in [-0.39, 0.29) is 18.4 Å². The molecule has 1 aliphatic rings. The van der Waals surface area contributed by atoms with Crippen molar-refractivity contribution in [3.05, 3.63) is 35.9 Å². The lowest BCUT2D eigenvalue weighted by Crippen LogP contribution is -2.42. The van der Waals surface area contributed by atoms with E-state index in [2.05, 4.69) is 5.32 Å². The molecule has 1 N–H and O–H groups in total. The van der Waals surface area contributed by atoms with Crippen LogP contribution < -0.4 is 29.2 Å². The van der Waals surface area contributed by atoms with Crippen molar-refractivity contribution in [3.8, 4) is 23.0 Å². The molecule has 0 spiro atoms. The number of carbonyl (C=O) groups excluding carboxylic acids is 2. The zero-order valence-corrected chi connectivity index (χ0v) is 18.4. The Bertz CT molecular complexity index is 951. The Morgan fingerprint density at radius 3 is 2.35 bits per heavy atom. The number of ether oxygens (including phenoxy) is 4. The van der Waals surface area contributed by atoms with Gasteiger partial charge in [-0.25, -0.2) is 0 Å². The Morgan fingerprint density at radius 1 is 1.10 bits per heavy atom. The molecule has 2 amide bonds. The maximum absolute atomic E-state index is 12.8. The minimum atomic E-state index is -0.351. The van der Waals surface area contributed by atoms with E-state index in [1.807, 2.05) is 19.0 Å². The monoisotopic (exact) mass is 429 g/mol. The van der Waals surface area contributed by atoms with Gasteiger partial charge in [0.25, 0.3) is 11.8 Å². The largest absolute Gasteiger partial charge is 0.493 e. The first-order chi connectivity index (χ1) is 14.9. The van der Waals surface area contributed by atoms with Gasteiger partial charge in [-0.1, -0.05) is 0 Å². The summed E-state index contributed by atoms with van der Waals surface area (Å²) in [5.41, 5.74) is 1.57. The molecule has 3 rings (SSSR count). The van der Waals surface area contributed by atoms with Crippen LogP contribution in [0.4, 0.5) is 11.4 Å². The molecule has 2 aromatic carbocycles. The normalized spacial score (nSPS) is 12.8. The molecule has 0 unspecified atom stereocenters. The van der Waals surface area contributed by atoms with Gasteiger partial charge in [0.1, 0.15) is 5.75 Å². The number of benzene rings is 2. The molecule has 31 heavy (non-hydrogen) atoms. The molecule has 2 aromatic rings. The van der Waals surface area contributed by atoms with Crippen LogP contribution in [-0.4, -0.2) is 71.8 Å². The molecule has 9 nitrogen and oxygen atoms in total. The predicted molar refractivity (Wildman–Crippen MR) is 117 cm³/mol. The van der Waals surface area contributed by atoms with Crippen LogP contribution in [0.3, 0.4) is 0 Å². The van der Waals surface area contributed by atoms with Gasteiger partial charge >= 0.3 is 0 Å². The van der Waals surface area contributed by atoms with Crippen LogP contribution >= 0.6 is 0 Å². The summed E-state index contributed by atoms with van der Waals surface area (Å²) in [5.74, 6) is 1.28. The summed E-state index contributed by atoms with van der Waals surface area (Å²) in [6.07, 6.45) is 0. The lowest BCUT2D eigenvalue weighted by molar-refractivity contribution is -0.121. The number of amides is 2. The molecule has 0 aliphatic carbocycles. The fourth-order valence-electron chi connectivity index (χ4n) is 3.24. The molecule has 0 radical (unpaired) electrons. The van der Waals surface area contributed by atoms with Crippen molar-refractivity contribution in [2.75, 3.05) is 65.3 Å². The summed E-state index contributed by atoms with van der Waals surface area (Å²) in [6, 6.07) is 8.37. The maximum Gasteiger partial charge on any atom is 0.265 e. The summed E-state index contributed by atoms with van der Waals surface area (Å²) in [4.78, 5) is 28.8. The Balaban J connectivity index is 1.83. The van der Waals surface area contributed by atoms with E-state index in [0.717, 1.165) is 6.54 Å². The number of hydrogen-bond donors (Lipinski definition) is 1. The molecule has 0 saturated carbocycles. The predicted octanol–water partition coefficient (Wildman–Crippen LogP) is 2.25. The number of hydrogen-bond acceptors (Lipinski definition) is 7. The Labute approximate surface area is 181 Å². The van der Waals surface area contributed by atoms with Crippen LogP contribution in [0.2, 0.25) is 0 Å². The first kappa shape index (κ1) is 22.2. The van der Waals surface area contributed by atoms with Crippen molar-refractivity contribution >= 4 is 23.2 Å². The minimum absolute atomic E-state index is 0.0370. The van der Waals surface area contributed by atoms with Gasteiger partial charge in [0.15, 0.2) is 18.1 Å². The Morgan fingerprint density at radius 2 is 1.77 bits per heavy atom. The van der Waals surface area contributed by atoms with E-state index >= 15 is 0 Å². The fourth-order valence-corrected chi connectivity index (χ4v) is 3.24. The number of nitrogens with one attached hydrogen (secondary N) is 1. The lowest BCUT2D eigenvalue weighted by Gasteiger charge is -2.30. The highest BCUT2D eigenvalue weighted by Crippen LogP contribution is 2.39. The molecule has 1 heterocycles. The van der Waals surface area contributed by atoms with Crippen molar-refractivity contribution in [1.29, 1.82) is 0 Å². The van der Waals surface area contributed by atoms with Gasteiger partial charge in [-0.15, -0.1) is 0 Å². The molecule has 9 heteroatoms. The van der Waals surface area contributed by atoms with Gasteiger partial charge in [-0.05, 0) is 38.4 Å². The van der Waals surface area contributed by atoms with E-state index < -0.39 is 0 Å². The minimum Gasteiger partial charge on any atom is -0.493 e. The van der Waals surface area contributed by atoms with Crippen LogP contribution in [0.5, 0.6) is 23.0 Å². The SMILES string of the molecule is COc1cc(C(=O)Nc2ccc3c(c2)OCC(=O)N3CCN(C)C)cc(OC)c1OC. The summed E-state index contributed by atoms with van der Waals surface area (Å²) in [7, 11) is 8.38. The summed E-state index contributed by atoms with van der Waals surface area (Å²) in [6.45, 7) is 1.24. The molecular formula is C22H27N3O6. The Kier molecular flexibility index (Phi) is 6.86. The van der Waals surface area contributed by atoms with Crippen LogP contribution in [-0.2, 0) is 4.79 Å². The maximum atomic E-state index is 12.8. The van der Waals surface area contributed by atoms with Gasteiger partial charge in [-0.2, -0.15) is 0 Å². The second kappa shape index (κ2) is 9.57. The first-order valence-electron chi connectivity index (χ1n) is 9.71. The quantitative estimate of drug-likeness (QED) is 0.688. The molecule has 0 saturated heterocycles. The van der Waals surface area contributed by atoms with E-state index in [9.17, 15) is 9.59 Å². The van der Waals surface area contributed by atoms with E-state index in [1.54, 1.807) is 35.2 Å². The van der Waals surface area contributed by atoms with Crippen LogP contribution in [0.15, 0.2) is 30.3 Å². The number of rotatable bonds is 8. The van der Waals surface area contributed by atoms with Gasteiger partial charge in [0, 0.05) is 30.4 Å². The van der Waals surface area contributed by atoms with Crippen molar-refractivity contribution < 1.29 is 28.5 Å². The summed E-state index contributed by atoms with van der Waals surface area (Å²) in [5, 5.41) is 2.84. The molecular weight excluding hydrogens is 402 g/mol. The second-order valence-electron chi connectivity index (χ2n) is 7.19. The zero-order valence-electron chi connectivity index (χ0n) is 18.4. The smallest absolute Gasteiger partial charge is 0.265 e.